The lowest BCUT2D eigenvalue weighted by Crippen LogP contribution is -1.88. The van der Waals surface area contributed by atoms with Crippen molar-refractivity contribution in [3.63, 3.8) is 0 Å². The number of hydrogen-bond acceptors (Lipinski definition) is 1. The first-order valence-corrected chi connectivity index (χ1v) is 4.66. The lowest BCUT2D eigenvalue weighted by atomic mass is 10.3. The van der Waals surface area contributed by atoms with E-state index < -0.39 is 0 Å². The largest absolute Gasteiger partial charge is 0.336 e. The molecule has 0 aliphatic heterocycles. The summed E-state index contributed by atoms with van der Waals surface area (Å²) in [5.41, 5.74) is 2.13. The molecule has 0 unspecified atom stereocenters. The van der Waals surface area contributed by atoms with E-state index in [1.807, 2.05) is 44.6 Å². The summed E-state index contributed by atoms with van der Waals surface area (Å²) in [5.74, 6) is 0. The van der Waals surface area contributed by atoms with Gasteiger partial charge in [0.05, 0.1) is 0 Å². The molecule has 70 valence electrons. The van der Waals surface area contributed by atoms with Gasteiger partial charge in [0.2, 0.25) is 0 Å². The summed E-state index contributed by atoms with van der Waals surface area (Å²) in [5, 5.41) is 1.21. The molecule has 0 fully saturated rings. The van der Waals surface area contributed by atoms with Crippen LogP contribution < -0.4 is 0 Å². The Morgan fingerprint density at radius 3 is 2.54 bits per heavy atom. The molecular weight excluding hydrogens is 160 g/mol. The van der Waals surface area contributed by atoms with Crippen LogP contribution in [0.5, 0.6) is 0 Å². The van der Waals surface area contributed by atoms with Gasteiger partial charge in [-0.15, -0.1) is 0 Å². The van der Waals surface area contributed by atoms with Crippen LogP contribution in [0.1, 0.15) is 19.5 Å². The van der Waals surface area contributed by atoms with Crippen LogP contribution in [0.2, 0.25) is 0 Å². The van der Waals surface area contributed by atoms with Crippen LogP contribution in [-0.2, 0) is 7.05 Å². The number of aromatic nitrogens is 2. The van der Waals surface area contributed by atoms with Crippen LogP contribution in [0.3, 0.4) is 0 Å². The Hall–Kier alpha value is -1.31. The van der Waals surface area contributed by atoms with Gasteiger partial charge in [0.1, 0.15) is 5.65 Å². The number of hydrogen-bond donors (Lipinski definition) is 0. The average Bonchev–Trinajstić information content (AvgIpc) is 2.52. The molecule has 13 heavy (non-hydrogen) atoms. The topological polar surface area (TPSA) is 17.8 Å². The van der Waals surface area contributed by atoms with Crippen LogP contribution in [0, 0.1) is 6.92 Å². The van der Waals surface area contributed by atoms with E-state index in [1.54, 1.807) is 0 Å². The van der Waals surface area contributed by atoms with Crippen LogP contribution in [0.15, 0.2) is 24.4 Å². The fourth-order valence-electron chi connectivity index (χ4n) is 1.23. The molecular formula is C11H16N2. The maximum Gasteiger partial charge on any atom is 0.139 e. The van der Waals surface area contributed by atoms with Crippen molar-refractivity contribution >= 4 is 11.0 Å². The van der Waals surface area contributed by atoms with Crippen molar-refractivity contribution in [2.45, 2.75) is 20.8 Å². The maximum absolute atomic E-state index is 4.40. The van der Waals surface area contributed by atoms with Crippen molar-refractivity contribution in [2.24, 2.45) is 7.05 Å². The highest BCUT2D eigenvalue weighted by atomic mass is 15.0. The Labute approximate surface area is 79.2 Å². The molecule has 0 spiro atoms. The SMILES string of the molecule is CC.Cc1ccc2ccn(C)c2n1. The van der Waals surface area contributed by atoms with Gasteiger partial charge in [-0.3, -0.25) is 0 Å². The Morgan fingerprint density at radius 1 is 1.15 bits per heavy atom. The Bertz CT molecular complexity index is 388. The molecule has 0 aliphatic carbocycles. The van der Waals surface area contributed by atoms with Crippen molar-refractivity contribution in [3.8, 4) is 0 Å². The lowest BCUT2D eigenvalue weighted by molar-refractivity contribution is 0.943. The van der Waals surface area contributed by atoms with Gasteiger partial charge < -0.3 is 4.57 Å². The second kappa shape index (κ2) is 4.08. The summed E-state index contributed by atoms with van der Waals surface area (Å²) in [6.07, 6.45) is 2.02. The molecule has 2 nitrogen and oxygen atoms in total. The first-order chi connectivity index (χ1) is 6.27. The van der Waals surface area contributed by atoms with Crippen molar-refractivity contribution < 1.29 is 0 Å². The van der Waals surface area contributed by atoms with Gasteiger partial charge in [-0.25, -0.2) is 4.98 Å². The van der Waals surface area contributed by atoms with E-state index in [1.165, 1.54) is 5.39 Å². The fraction of sp³-hybridized carbons (Fsp3) is 0.364. The molecule has 2 aromatic rings. The van der Waals surface area contributed by atoms with Gasteiger partial charge in [-0.2, -0.15) is 0 Å². The van der Waals surface area contributed by atoms with Crippen LogP contribution in [-0.4, -0.2) is 9.55 Å². The summed E-state index contributed by atoms with van der Waals surface area (Å²) in [7, 11) is 2.01. The van der Waals surface area contributed by atoms with Crippen LogP contribution in [0.25, 0.3) is 11.0 Å². The number of fused-ring (bicyclic) bond motifs is 1. The van der Waals surface area contributed by atoms with Crippen molar-refractivity contribution in [2.75, 3.05) is 0 Å². The van der Waals surface area contributed by atoms with E-state index in [-0.39, 0.29) is 0 Å². The summed E-state index contributed by atoms with van der Waals surface area (Å²) < 4.78 is 2.03. The highest BCUT2D eigenvalue weighted by molar-refractivity contribution is 5.76. The van der Waals surface area contributed by atoms with Gasteiger partial charge in [0, 0.05) is 24.3 Å². The first kappa shape index (κ1) is 9.78. The van der Waals surface area contributed by atoms with Gasteiger partial charge in [0.15, 0.2) is 0 Å². The standard InChI is InChI=1S/C9H10N2.C2H6/c1-7-3-4-8-5-6-11(2)9(8)10-7;1-2/h3-6H,1-2H3;1-2H3. The Balaban J connectivity index is 0.000000396. The molecule has 0 atom stereocenters. The summed E-state index contributed by atoms with van der Waals surface area (Å²) in [6, 6.07) is 6.20. The minimum Gasteiger partial charge on any atom is -0.336 e. The zero-order valence-corrected chi connectivity index (χ0v) is 8.70. The molecule has 0 saturated heterocycles. The number of rotatable bonds is 0. The van der Waals surface area contributed by atoms with Crippen LogP contribution >= 0.6 is 0 Å². The quantitative estimate of drug-likeness (QED) is 0.603. The monoisotopic (exact) mass is 176 g/mol. The Morgan fingerprint density at radius 2 is 1.85 bits per heavy atom. The smallest absolute Gasteiger partial charge is 0.139 e. The van der Waals surface area contributed by atoms with E-state index in [2.05, 4.69) is 17.1 Å². The number of aryl methyl sites for hydroxylation is 2. The van der Waals surface area contributed by atoms with Gasteiger partial charge in [0.25, 0.3) is 0 Å². The average molecular weight is 176 g/mol. The predicted octanol–water partition coefficient (Wildman–Crippen LogP) is 2.91. The molecule has 2 heterocycles. The number of nitrogens with zero attached hydrogens (tertiary/aromatic N) is 2. The van der Waals surface area contributed by atoms with E-state index in [0.717, 1.165) is 11.3 Å². The van der Waals surface area contributed by atoms with E-state index >= 15 is 0 Å². The summed E-state index contributed by atoms with van der Waals surface area (Å²) in [6.45, 7) is 6.01. The highest BCUT2D eigenvalue weighted by Crippen LogP contribution is 2.11. The Kier molecular flexibility index (Phi) is 3.07. The third-order valence-electron chi connectivity index (χ3n) is 1.86. The lowest BCUT2D eigenvalue weighted by Gasteiger charge is -1.95. The molecule has 0 saturated carbocycles. The number of pyridine rings is 1. The second-order valence-electron chi connectivity index (χ2n) is 2.79. The normalized spacial score (nSPS) is 9.54. The molecule has 2 rings (SSSR count). The minimum absolute atomic E-state index is 1.06. The summed E-state index contributed by atoms with van der Waals surface area (Å²) >= 11 is 0. The minimum atomic E-state index is 1.06. The fourth-order valence-corrected chi connectivity index (χ4v) is 1.23. The second-order valence-corrected chi connectivity index (χ2v) is 2.79. The molecule has 0 amide bonds. The summed E-state index contributed by atoms with van der Waals surface area (Å²) in [4.78, 5) is 4.40. The van der Waals surface area contributed by atoms with E-state index in [4.69, 9.17) is 0 Å². The third kappa shape index (κ3) is 1.89. The van der Waals surface area contributed by atoms with E-state index in [0.29, 0.717) is 0 Å². The van der Waals surface area contributed by atoms with Crippen molar-refractivity contribution in [1.82, 2.24) is 9.55 Å². The molecule has 2 aromatic heterocycles. The molecule has 0 aromatic carbocycles. The molecule has 0 bridgehead atoms. The van der Waals surface area contributed by atoms with Crippen molar-refractivity contribution in [1.29, 1.82) is 0 Å². The first-order valence-electron chi connectivity index (χ1n) is 4.66. The van der Waals surface area contributed by atoms with E-state index in [9.17, 15) is 0 Å². The molecule has 0 aliphatic rings. The predicted molar refractivity (Wildman–Crippen MR) is 56.8 cm³/mol. The highest BCUT2D eigenvalue weighted by Gasteiger charge is 1.97. The molecule has 0 N–H and O–H groups in total. The zero-order chi connectivity index (χ0) is 9.84. The van der Waals surface area contributed by atoms with Gasteiger partial charge >= 0.3 is 0 Å². The maximum atomic E-state index is 4.40. The van der Waals surface area contributed by atoms with Gasteiger partial charge in [-0.05, 0) is 25.1 Å². The van der Waals surface area contributed by atoms with Crippen molar-refractivity contribution in [3.05, 3.63) is 30.1 Å². The molecule has 0 radical (unpaired) electrons. The van der Waals surface area contributed by atoms with Gasteiger partial charge in [-0.1, -0.05) is 13.8 Å². The van der Waals surface area contributed by atoms with Crippen LogP contribution in [0.4, 0.5) is 0 Å². The zero-order valence-electron chi connectivity index (χ0n) is 8.70. The molecule has 2 heteroatoms. The third-order valence-corrected chi connectivity index (χ3v) is 1.86.